The van der Waals surface area contributed by atoms with Crippen LogP contribution in [-0.2, 0) is 16.6 Å². The van der Waals surface area contributed by atoms with Crippen molar-refractivity contribution in [2.45, 2.75) is 62.7 Å². The molecule has 176 valence electrons. The molecule has 3 aromatic rings. The molecule has 0 spiro atoms. The molecule has 1 aliphatic rings. The molecule has 0 radical (unpaired) electrons. The highest BCUT2D eigenvalue weighted by atomic mass is 32.2. The van der Waals surface area contributed by atoms with Gasteiger partial charge in [-0.2, -0.15) is 0 Å². The van der Waals surface area contributed by atoms with Crippen LogP contribution in [0.15, 0.2) is 78.0 Å². The van der Waals surface area contributed by atoms with Crippen LogP contribution >= 0.6 is 0 Å². The third kappa shape index (κ3) is 5.84. The molecule has 0 amide bonds. The Morgan fingerprint density at radius 2 is 1.64 bits per heavy atom. The van der Waals surface area contributed by atoms with Crippen molar-refractivity contribution >= 4 is 15.7 Å². The fraction of sp³-hybridized carbons (Fsp3) is 0.385. The number of nitrogens with one attached hydrogen (secondary N) is 2. The largest absolute Gasteiger partial charge is 0.324 e. The first-order chi connectivity index (χ1) is 15.9. The van der Waals surface area contributed by atoms with E-state index in [1.54, 1.807) is 36.4 Å². The third-order valence-electron chi connectivity index (χ3n) is 6.50. The first-order valence-corrected chi connectivity index (χ1v) is 13.1. The van der Waals surface area contributed by atoms with E-state index in [4.69, 9.17) is 0 Å². The second kappa shape index (κ2) is 10.5. The predicted octanol–water partition coefficient (Wildman–Crippen LogP) is 5.67. The Hall–Kier alpha value is -2.64. The topological polar surface area (TPSA) is 63.1 Å². The van der Waals surface area contributed by atoms with Crippen LogP contribution in [0.3, 0.4) is 0 Å². The maximum absolute atomic E-state index is 14.9. The van der Waals surface area contributed by atoms with E-state index in [0.717, 1.165) is 36.9 Å². The van der Waals surface area contributed by atoms with Crippen molar-refractivity contribution in [2.75, 3.05) is 4.72 Å². The van der Waals surface area contributed by atoms with E-state index in [2.05, 4.69) is 10.0 Å². The van der Waals surface area contributed by atoms with Crippen molar-refractivity contribution in [1.29, 1.82) is 0 Å². The fourth-order valence-corrected chi connectivity index (χ4v) is 5.63. The zero-order chi connectivity index (χ0) is 23.3. The van der Waals surface area contributed by atoms with Crippen LogP contribution in [0.25, 0.3) is 5.69 Å². The monoisotopic (exact) mass is 469 g/mol. The van der Waals surface area contributed by atoms with Crippen LogP contribution in [0.4, 0.5) is 10.1 Å². The highest BCUT2D eigenvalue weighted by Crippen LogP contribution is 2.30. The number of anilines is 1. The molecule has 1 aromatic heterocycles. The van der Waals surface area contributed by atoms with Gasteiger partial charge >= 0.3 is 0 Å². The quantitative estimate of drug-likeness (QED) is 0.424. The summed E-state index contributed by atoms with van der Waals surface area (Å²) in [6.07, 6.45) is 8.23. The number of hydrogen-bond acceptors (Lipinski definition) is 3. The smallest absolute Gasteiger partial charge is 0.261 e. The molecule has 1 saturated carbocycles. The molecular formula is C26H32FN3O2S. The van der Waals surface area contributed by atoms with Gasteiger partial charge in [0.25, 0.3) is 10.0 Å². The molecule has 1 aliphatic carbocycles. The first kappa shape index (κ1) is 23.5. The van der Waals surface area contributed by atoms with E-state index in [1.807, 2.05) is 48.1 Å². The Morgan fingerprint density at radius 3 is 2.33 bits per heavy atom. The minimum Gasteiger partial charge on any atom is -0.324 e. The van der Waals surface area contributed by atoms with Gasteiger partial charge in [-0.1, -0.05) is 37.5 Å². The highest BCUT2D eigenvalue weighted by Gasteiger charge is 2.28. The van der Waals surface area contributed by atoms with Gasteiger partial charge in [-0.05, 0) is 73.7 Å². The third-order valence-corrected chi connectivity index (χ3v) is 7.89. The lowest BCUT2D eigenvalue weighted by atomic mass is 9.84. The van der Waals surface area contributed by atoms with E-state index < -0.39 is 16.2 Å². The minimum absolute atomic E-state index is 0.115. The summed E-state index contributed by atoms with van der Waals surface area (Å²) in [7, 11) is -3.75. The van der Waals surface area contributed by atoms with Gasteiger partial charge < -0.3 is 9.88 Å². The molecular weight excluding hydrogens is 437 g/mol. The number of alkyl halides is 1. The number of halogens is 1. The summed E-state index contributed by atoms with van der Waals surface area (Å²) in [5.41, 5.74) is 2.17. The van der Waals surface area contributed by atoms with Crippen molar-refractivity contribution in [3.8, 4) is 5.69 Å². The van der Waals surface area contributed by atoms with E-state index in [0.29, 0.717) is 12.2 Å². The predicted molar refractivity (Wildman–Crippen MR) is 131 cm³/mol. The molecule has 4 rings (SSSR count). The van der Waals surface area contributed by atoms with E-state index in [-0.39, 0.29) is 16.9 Å². The van der Waals surface area contributed by atoms with E-state index in [1.165, 1.54) is 6.42 Å². The van der Waals surface area contributed by atoms with Crippen LogP contribution in [0.5, 0.6) is 0 Å². The molecule has 2 unspecified atom stereocenters. The maximum atomic E-state index is 14.9. The summed E-state index contributed by atoms with van der Waals surface area (Å²) in [4.78, 5) is 0.190. The molecule has 0 saturated heterocycles. The van der Waals surface area contributed by atoms with Gasteiger partial charge in [0.1, 0.15) is 6.17 Å². The van der Waals surface area contributed by atoms with Gasteiger partial charge in [-0.3, -0.25) is 4.72 Å². The van der Waals surface area contributed by atoms with Crippen LogP contribution < -0.4 is 10.0 Å². The van der Waals surface area contributed by atoms with Crippen molar-refractivity contribution < 1.29 is 12.8 Å². The SMILES string of the molecule is CC(NCc1ccccc1NS(=O)(=O)c1ccc(-n2cccc2)cc1)C(F)C1CCCCC1. The molecule has 0 bridgehead atoms. The molecule has 0 aliphatic heterocycles. The van der Waals surface area contributed by atoms with Crippen LogP contribution in [0.2, 0.25) is 0 Å². The second-order valence-corrected chi connectivity index (χ2v) is 10.5. The van der Waals surface area contributed by atoms with Crippen LogP contribution in [-0.4, -0.2) is 25.2 Å². The van der Waals surface area contributed by atoms with Crippen LogP contribution in [0.1, 0.15) is 44.6 Å². The number of rotatable bonds is 9. The Bertz CT molecular complexity index is 1120. The Balaban J connectivity index is 1.42. The van der Waals surface area contributed by atoms with Gasteiger partial charge in [0, 0.05) is 30.7 Å². The lowest BCUT2D eigenvalue weighted by Crippen LogP contribution is -2.39. The van der Waals surface area contributed by atoms with Gasteiger partial charge in [0.05, 0.1) is 10.6 Å². The van der Waals surface area contributed by atoms with Crippen molar-refractivity contribution in [1.82, 2.24) is 9.88 Å². The zero-order valence-electron chi connectivity index (χ0n) is 19.0. The van der Waals surface area contributed by atoms with E-state index in [9.17, 15) is 12.8 Å². The molecule has 5 nitrogen and oxygen atoms in total. The fourth-order valence-electron chi connectivity index (χ4n) is 4.53. The lowest BCUT2D eigenvalue weighted by Gasteiger charge is -2.29. The number of para-hydroxylation sites is 1. The summed E-state index contributed by atoms with van der Waals surface area (Å²) in [5.74, 6) is 0.115. The number of sulfonamides is 1. The second-order valence-electron chi connectivity index (χ2n) is 8.86. The van der Waals surface area contributed by atoms with Crippen molar-refractivity contribution in [3.05, 3.63) is 78.6 Å². The van der Waals surface area contributed by atoms with Crippen molar-refractivity contribution in [3.63, 3.8) is 0 Å². The van der Waals surface area contributed by atoms with Gasteiger partial charge in [0.2, 0.25) is 0 Å². The number of aromatic nitrogens is 1. The van der Waals surface area contributed by atoms with E-state index >= 15 is 0 Å². The Kier molecular flexibility index (Phi) is 7.50. The maximum Gasteiger partial charge on any atom is 0.261 e. The average molecular weight is 470 g/mol. The minimum atomic E-state index is -3.75. The lowest BCUT2D eigenvalue weighted by molar-refractivity contribution is 0.142. The normalized spacial score (nSPS) is 16.9. The molecule has 33 heavy (non-hydrogen) atoms. The molecule has 1 heterocycles. The van der Waals surface area contributed by atoms with Gasteiger partial charge in [0.15, 0.2) is 0 Å². The number of benzene rings is 2. The van der Waals surface area contributed by atoms with Gasteiger partial charge in [-0.15, -0.1) is 0 Å². The highest BCUT2D eigenvalue weighted by molar-refractivity contribution is 7.92. The summed E-state index contributed by atoms with van der Waals surface area (Å²) in [6.45, 7) is 2.26. The van der Waals surface area contributed by atoms with Crippen LogP contribution in [0, 0.1) is 5.92 Å². The standard InChI is InChI=1S/C26H32FN3O2S/c1-20(26(27)21-9-3-2-4-10-21)28-19-22-11-5-6-12-25(22)29-33(31,32)24-15-13-23(14-16-24)30-17-7-8-18-30/h5-8,11-18,20-21,26,28-29H,2-4,9-10,19H2,1H3. The summed E-state index contributed by atoms with van der Waals surface area (Å²) < 4.78 is 45.6. The first-order valence-electron chi connectivity index (χ1n) is 11.7. The molecule has 2 atom stereocenters. The Morgan fingerprint density at radius 1 is 0.970 bits per heavy atom. The number of nitrogens with zero attached hydrogens (tertiary/aromatic N) is 1. The summed E-state index contributed by atoms with van der Waals surface area (Å²) in [5, 5.41) is 3.27. The summed E-state index contributed by atoms with van der Waals surface area (Å²) in [6, 6.07) is 17.5. The number of hydrogen-bond donors (Lipinski definition) is 2. The van der Waals surface area contributed by atoms with Crippen molar-refractivity contribution in [2.24, 2.45) is 5.92 Å². The molecule has 7 heteroatoms. The van der Waals surface area contributed by atoms with Gasteiger partial charge in [-0.25, -0.2) is 12.8 Å². The molecule has 1 fully saturated rings. The average Bonchev–Trinajstić information content (AvgIpc) is 3.38. The zero-order valence-corrected chi connectivity index (χ0v) is 19.8. The molecule has 2 N–H and O–H groups in total. The molecule has 2 aromatic carbocycles. The summed E-state index contributed by atoms with van der Waals surface area (Å²) >= 11 is 0. The Labute approximate surface area is 196 Å².